The SMILES string of the molecule is CN=C(NCc1ccc(O)c(F)c1)N(C)Cc1cn(C)nc1C(C)C. The number of guanidine groups is 1. The van der Waals surface area contributed by atoms with Gasteiger partial charge in [0.1, 0.15) is 0 Å². The van der Waals surface area contributed by atoms with Crippen molar-refractivity contribution in [2.45, 2.75) is 32.9 Å². The van der Waals surface area contributed by atoms with E-state index in [1.165, 1.54) is 12.1 Å². The van der Waals surface area contributed by atoms with E-state index in [-0.39, 0.29) is 5.75 Å². The average molecular weight is 347 g/mol. The van der Waals surface area contributed by atoms with E-state index >= 15 is 0 Å². The van der Waals surface area contributed by atoms with Gasteiger partial charge < -0.3 is 15.3 Å². The molecule has 2 N–H and O–H groups in total. The molecule has 0 aliphatic carbocycles. The summed E-state index contributed by atoms with van der Waals surface area (Å²) in [6.07, 6.45) is 2.02. The maximum Gasteiger partial charge on any atom is 0.193 e. The van der Waals surface area contributed by atoms with Crippen LogP contribution in [-0.2, 0) is 20.1 Å². The molecular formula is C18H26FN5O. The normalized spacial score (nSPS) is 11.9. The van der Waals surface area contributed by atoms with Crippen molar-refractivity contribution in [1.29, 1.82) is 0 Å². The molecule has 0 radical (unpaired) electrons. The lowest BCUT2D eigenvalue weighted by Gasteiger charge is -2.22. The first-order valence-electron chi connectivity index (χ1n) is 8.23. The fourth-order valence-corrected chi connectivity index (χ4v) is 2.72. The topological polar surface area (TPSA) is 65.7 Å². The number of halogens is 1. The lowest BCUT2D eigenvalue weighted by Crippen LogP contribution is -2.38. The third kappa shape index (κ3) is 4.71. The smallest absolute Gasteiger partial charge is 0.193 e. The highest BCUT2D eigenvalue weighted by molar-refractivity contribution is 5.79. The van der Waals surface area contributed by atoms with Crippen LogP contribution in [0.4, 0.5) is 4.39 Å². The van der Waals surface area contributed by atoms with Gasteiger partial charge in [0.2, 0.25) is 0 Å². The van der Waals surface area contributed by atoms with Crippen LogP contribution in [0, 0.1) is 5.82 Å². The van der Waals surface area contributed by atoms with Crippen LogP contribution in [0.5, 0.6) is 5.75 Å². The van der Waals surface area contributed by atoms with E-state index in [1.54, 1.807) is 13.1 Å². The molecule has 0 aliphatic heterocycles. The molecule has 7 heteroatoms. The monoisotopic (exact) mass is 347 g/mol. The van der Waals surface area contributed by atoms with Crippen molar-refractivity contribution in [3.63, 3.8) is 0 Å². The Morgan fingerprint density at radius 2 is 2.16 bits per heavy atom. The molecule has 2 aromatic rings. The highest BCUT2D eigenvalue weighted by atomic mass is 19.1. The Kier molecular flexibility index (Phi) is 6.01. The molecule has 1 aromatic carbocycles. The minimum Gasteiger partial charge on any atom is -0.505 e. The number of hydrogen-bond donors (Lipinski definition) is 2. The van der Waals surface area contributed by atoms with E-state index < -0.39 is 5.82 Å². The number of nitrogens with one attached hydrogen (secondary N) is 1. The molecule has 0 spiro atoms. The summed E-state index contributed by atoms with van der Waals surface area (Å²) in [4.78, 5) is 6.28. The molecule has 0 aliphatic rings. The molecule has 1 heterocycles. The molecule has 0 atom stereocenters. The molecule has 0 saturated carbocycles. The van der Waals surface area contributed by atoms with Gasteiger partial charge in [-0.25, -0.2) is 4.39 Å². The van der Waals surface area contributed by atoms with Crippen molar-refractivity contribution >= 4 is 5.96 Å². The summed E-state index contributed by atoms with van der Waals surface area (Å²) in [7, 11) is 5.58. The second-order valence-corrected chi connectivity index (χ2v) is 6.41. The van der Waals surface area contributed by atoms with E-state index in [9.17, 15) is 9.50 Å². The Hall–Kier alpha value is -2.57. The van der Waals surface area contributed by atoms with Crippen LogP contribution in [-0.4, -0.2) is 39.8 Å². The molecule has 0 fully saturated rings. The number of rotatable bonds is 5. The van der Waals surface area contributed by atoms with E-state index in [2.05, 4.69) is 29.3 Å². The predicted octanol–water partition coefficient (Wildman–Crippen LogP) is 2.60. The highest BCUT2D eigenvalue weighted by Gasteiger charge is 2.15. The fraction of sp³-hybridized carbons (Fsp3) is 0.444. The van der Waals surface area contributed by atoms with Crippen molar-refractivity contribution in [3.05, 3.63) is 47.0 Å². The van der Waals surface area contributed by atoms with Crippen LogP contribution in [0.15, 0.2) is 29.4 Å². The standard InChI is InChI=1S/C18H26FN5O/c1-12(2)17-14(11-24(5)22-17)10-23(4)18(20-3)21-9-13-6-7-16(25)15(19)8-13/h6-8,11-12,25H,9-10H2,1-5H3,(H,20,21). The Labute approximate surface area is 148 Å². The lowest BCUT2D eigenvalue weighted by molar-refractivity contribution is 0.431. The van der Waals surface area contributed by atoms with Gasteiger partial charge in [-0.1, -0.05) is 19.9 Å². The quantitative estimate of drug-likeness (QED) is 0.644. The third-order valence-corrected chi connectivity index (χ3v) is 3.93. The number of hydrogen-bond acceptors (Lipinski definition) is 3. The summed E-state index contributed by atoms with van der Waals surface area (Å²) in [6.45, 7) is 5.33. The zero-order valence-electron chi connectivity index (χ0n) is 15.4. The summed E-state index contributed by atoms with van der Waals surface area (Å²) in [5.74, 6) is 0.0780. The number of aromatic nitrogens is 2. The van der Waals surface area contributed by atoms with Crippen LogP contribution in [0.25, 0.3) is 0 Å². The van der Waals surface area contributed by atoms with E-state index in [0.717, 1.165) is 16.8 Å². The summed E-state index contributed by atoms with van der Waals surface area (Å²) >= 11 is 0. The minimum absolute atomic E-state index is 0.344. The number of aromatic hydroxyl groups is 1. The highest BCUT2D eigenvalue weighted by Crippen LogP contribution is 2.19. The van der Waals surface area contributed by atoms with Crippen LogP contribution in [0.3, 0.4) is 0 Å². The molecule has 2 rings (SSSR count). The van der Waals surface area contributed by atoms with Crippen molar-refractivity contribution < 1.29 is 9.50 Å². The summed E-state index contributed by atoms with van der Waals surface area (Å²) in [6, 6.07) is 4.34. The van der Waals surface area contributed by atoms with Gasteiger partial charge in [-0.15, -0.1) is 0 Å². The maximum atomic E-state index is 13.4. The van der Waals surface area contributed by atoms with E-state index in [1.807, 2.05) is 29.9 Å². The second kappa shape index (κ2) is 8.00. The number of phenols is 1. The molecule has 25 heavy (non-hydrogen) atoms. The number of benzene rings is 1. The second-order valence-electron chi connectivity index (χ2n) is 6.41. The molecule has 0 bridgehead atoms. The first kappa shape index (κ1) is 18.8. The molecular weight excluding hydrogens is 321 g/mol. The van der Waals surface area contributed by atoms with Crippen molar-refractivity contribution in [2.75, 3.05) is 14.1 Å². The van der Waals surface area contributed by atoms with Gasteiger partial charge in [0.15, 0.2) is 17.5 Å². The Balaban J connectivity index is 2.04. The third-order valence-electron chi connectivity index (χ3n) is 3.93. The molecule has 0 unspecified atom stereocenters. The first-order chi connectivity index (χ1) is 11.8. The number of nitrogens with zero attached hydrogens (tertiary/aromatic N) is 4. The Morgan fingerprint density at radius 3 is 2.76 bits per heavy atom. The average Bonchev–Trinajstić information content (AvgIpc) is 2.92. The van der Waals surface area contributed by atoms with Crippen LogP contribution >= 0.6 is 0 Å². The lowest BCUT2D eigenvalue weighted by atomic mass is 10.1. The predicted molar refractivity (Wildman–Crippen MR) is 97.0 cm³/mol. The summed E-state index contributed by atoms with van der Waals surface area (Å²) in [5, 5.41) is 17.0. The van der Waals surface area contributed by atoms with Gasteiger partial charge >= 0.3 is 0 Å². The number of aliphatic imine (C=N–C) groups is 1. The number of phenolic OH excluding ortho intramolecular Hbond substituents is 1. The number of aryl methyl sites for hydroxylation is 1. The first-order valence-corrected chi connectivity index (χ1v) is 8.23. The van der Waals surface area contributed by atoms with Gasteiger partial charge in [0, 0.05) is 46.0 Å². The molecule has 136 valence electrons. The summed E-state index contributed by atoms with van der Waals surface area (Å²) < 4.78 is 15.3. The van der Waals surface area contributed by atoms with Gasteiger partial charge in [-0.3, -0.25) is 9.67 Å². The minimum atomic E-state index is -0.625. The molecule has 0 saturated heterocycles. The van der Waals surface area contributed by atoms with E-state index in [0.29, 0.717) is 25.0 Å². The van der Waals surface area contributed by atoms with Crippen LogP contribution < -0.4 is 5.32 Å². The Morgan fingerprint density at radius 1 is 1.44 bits per heavy atom. The molecule has 0 amide bonds. The van der Waals surface area contributed by atoms with Crippen molar-refractivity contribution in [3.8, 4) is 5.75 Å². The Bertz CT molecular complexity index is 754. The van der Waals surface area contributed by atoms with Crippen LogP contribution in [0.1, 0.15) is 36.6 Å². The largest absolute Gasteiger partial charge is 0.505 e. The van der Waals surface area contributed by atoms with Crippen molar-refractivity contribution in [1.82, 2.24) is 20.0 Å². The van der Waals surface area contributed by atoms with Gasteiger partial charge in [-0.2, -0.15) is 5.10 Å². The molecule has 6 nitrogen and oxygen atoms in total. The van der Waals surface area contributed by atoms with Crippen molar-refractivity contribution in [2.24, 2.45) is 12.0 Å². The molecule has 1 aromatic heterocycles. The van der Waals surface area contributed by atoms with E-state index in [4.69, 9.17) is 0 Å². The summed E-state index contributed by atoms with van der Waals surface area (Å²) in [5.41, 5.74) is 2.96. The van der Waals surface area contributed by atoms with Gasteiger partial charge in [-0.05, 0) is 23.6 Å². The van der Waals surface area contributed by atoms with Gasteiger partial charge in [0.25, 0.3) is 0 Å². The fourth-order valence-electron chi connectivity index (χ4n) is 2.72. The van der Waals surface area contributed by atoms with Gasteiger partial charge in [0.05, 0.1) is 5.69 Å². The van der Waals surface area contributed by atoms with Crippen LogP contribution in [0.2, 0.25) is 0 Å². The zero-order valence-corrected chi connectivity index (χ0v) is 15.4. The zero-order chi connectivity index (χ0) is 18.6. The maximum absolute atomic E-state index is 13.4.